The number of guanidine groups is 1. The van der Waals surface area contributed by atoms with Crippen molar-refractivity contribution >= 4 is 29.7 Å². The summed E-state index contributed by atoms with van der Waals surface area (Å²) in [6.07, 6.45) is -0.809. The van der Waals surface area contributed by atoms with E-state index in [2.05, 4.69) is 9.89 Å². The van der Waals surface area contributed by atoms with Gasteiger partial charge in [0.1, 0.15) is 25.4 Å². The number of nitrogens with two attached hydrogens (primary N) is 2. The van der Waals surface area contributed by atoms with Crippen molar-refractivity contribution < 1.29 is 28.6 Å². The number of amides is 1. The summed E-state index contributed by atoms with van der Waals surface area (Å²) < 4.78 is 16.8. The van der Waals surface area contributed by atoms with Gasteiger partial charge in [-0.25, -0.2) is 9.79 Å². The standard InChI is InChI=1S/C34H40N6O6/c35-33(36)37-20-25-11-13-28(14-12-25)40-22-29(46-34(40)43)21-38-15-17-39(18-16-38)30(32(42)45-24-27-9-5-2-6-10-27)19-31(41)44-23-26-7-3-1-4-8-26/h1-14,29-30H,15-24H2,(H4,35,36,37)/t29?,30-/m1/s1. The van der Waals surface area contributed by atoms with Crippen molar-refractivity contribution in [2.24, 2.45) is 16.5 Å². The molecule has 0 saturated carbocycles. The topological polar surface area (TPSA) is 153 Å². The molecular formula is C34H40N6O6. The summed E-state index contributed by atoms with van der Waals surface area (Å²) in [5.74, 6) is -0.899. The number of aliphatic imine (C=N–C) groups is 1. The molecule has 46 heavy (non-hydrogen) atoms. The van der Waals surface area contributed by atoms with Gasteiger partial charge in [0.25, 0.3) is 0 Å². The fourth-order valence-corrected chi connectivity index (χ4v) is 5.48. The first-order valence-corrected chi connectivity index (χ1v) is 15.3. The predicted octanol–water partition coefficient (Wildman–Crippen LogP) is 2.65. The van der Waals surface area contributed by atoms with E-state index in [4.69, 9.17) is 25.7 Å². The third-order valence-corrected chi connectivity index (χ3v) is 7.97. The maximum Gasteiger partial charge on any atom is 0.414 e. The van der Waals surface area contributed by atoms with Crippen LogP contribution < -0.4 is 16.4 Å². The summed E-state index contributed by atoms with van der Waals surface area (Å²) in [5.41, 5.74) is 14.2. The van der Waals surface area contributed by atoms with Gasteiger partial charge in [0.2, 0.25) is 0 Å². The van der Waals surface area contributed by atoms with Gasteiger partial charge in [-0.2, -0.15) is 0 Å². The largest absolute Gasteiger partial charge is 0.461 e. The molecule has 0 aromatic heterocycles. The summed E-state index contributed by atoms with van der Waals surface area (Å²) in [5, 5.41) is 0. The first-order valence-electron chi connectivity index (χ1n) is 15.3. The average molecular weight is 629 g/mol. The Morgan fingerprint density at radius 3 is 2.04 bits per heavy atom. The molecule has 2 aliphatic rings. The van der Waals surface area contributed by atoms with Gasteiger partial charge in [-0.1, -0.05) is 72.8 Å². The number of carbonyl (C=O) groups excluding carboxylic acids is 3. The lowest BCUT2D eigenvalue weighted by molar-refractivity contribution is -0.159. The van der Waals surface area contributed by atoms with Crippen molar-refractivity contribution in [2.45, 2.75) is 38.3 Å². The molecule has 0 radical (unpaired) electrons. The van der Waals surface area contributed by atoms with Crippen LogP contribution in [0.5, 0.6) is 0 Å². The van der Waals surface area contributed by atoms with E-state index in [1.807, 2.05) is 89.8 Å². The summed E-state index contributed by atoms with van der Waals surface area (Å²) in [4.78, 5) is 48.7. The normalized spacial score (nSPS) is 17.6. The number of piperazine rings is 1. The van der Waals surface area contributed by atoms with Crippen LogP contribution in [0.15, 0.2) is 89.9 Å². The number of rotatable bonds is 13. The highest BCUT2D eigenvalue weighted by molar-refractivity contribution is 5.89. The predicted molar refractivity (Wildman–Crippen MR) is 172 cm³/mol. The Morgan fingerprint density at radius 1 is 0.826 bits per heavy atom. The average Bonchev–Trinajstić information content (AvgIpc) is 3.45. The third-order valence-electron chi connectivity index (χ3n) is 7.97. The number of anilines is 1. The van der Waals surface area contributed by atoms with Crippen molar-refractivity contribution in [1.29, 1.82) is 0 Å². The Hall–Kier alpha value is -4.94. The van der Waals surface area contributed by atoms with Crippen LogP contribution in [-0.2, 0) is 43.6 Å². The number of ether oxygens (including phenoxy) is 3. The molecule has 1 unspecified atom stereocenters. The number of carbonyl (C=O) groups is 3. The van der Waals surface area contributed by atoms with Crippen LogP contribution >= 0.6 is 0 Å². The highest BCUT2D eigenvalue weighted by Crippen LogP contribution is 2.23. The number of nitrogens with zero attached hydrogens (tertiary/aromatic N) is 4. The monoisotopic (exact) mass is 628 g/mol. The maximum atomic E-state index is 13.3. The first-order chi connectivity index (χ1) is 22.3. The van der Waals surface area contributed by atoms with Crippen LogP contribution in [0.2, 0.25) is 0 Å². The van der Waals surface area contributed by atoms with Gasteiger partial charge < -0.3 is 25.7 Å². The van der Waals surface area contributed by atoms with Crippen molar-refractivity contribution in [1.82, 2.24) is 9.80 Å². The van der Waals surface area contributed by atoms with Crippen molar-refractivity contribution in [3.05, 3.63) is 102 Å². The molecule has 2 heterocycles. The van der Waals surface area contributed by atoms with Crippen LogP contribution in [0.3, 0.4) is 0 Å². The Bertz CT molecular complexity index is 1470. The minimum Gasteiger partial charge on any atom is -0.461 e. The Balaban J connectivity index is 1.14. The molecule has 242 valence electrons. The molecular weight excluding hydrogens is 588 g/mol. The van der Waals surface area contributed by atoms with Gasteiger partial charge >= 0.3 is 18.0 Å². The molecule has 0 bridgehead atoms. The summed E-state index contributed by atoms with van der Waals surface area (Å²) in [6, 6.07) is 25.5. The van der Waals surface area contributed by atoms with E-state index in [1.54, 1.807) is 4.90 Å². The fraction of sp³-hybridized carbons (Fsp3) is 0.353. The smallest absolute Gasteiger partial charge is 0.414 e. The Kier molecular flexibility index (Phi) is 11.2. The van der Waals surface area contributed by atoms with E-state index in [9.17, 15) is 14.4 Å². The van der Waals surface area contributed by atoms with E-state index in [-0.39, 0.29) is 31.7 Å². The van der Waals surface area contributed by atoms with Gasteiger partial charge in [-0.15, -0.1) is 0 Å². The fourth-order valence-electron chi connectivity index (χ4n) is 5.48. The van der Waals surface area contributed by atoms with E-state index in [0.717, 1.165) is 22.4 Å². The second kappa shape index (κ2) is 15.9. The molecule has 2 saturated heterocycles. The van der Waals surface area contributed by atoms with Crippen LogP contribution in [0, 0.1) is 0 Å². The number of benzene rings is 3. The quantitative estimate of drug-likeness (QED) is 0.125. The van der Waals surface area contributed by atoms with Crippen LogP contribution in [-0.4, -0.2) is 85.2 Å². The Morgan fingerprint density at radius 2 is 1.43 bits per heavy atom. The number of cyclic esters (lactones) is 1. The number of hydrogen-bond acceptors (Lipinski definition) is 9. The van der Waals surface area contributed by atoms with Gasteiger partial charge in [0.05, 0.1) is 19.5 Å². The minimum absolute atomic E-state index is 0.0238. The third kappa shape index (κ3) is 9.29. The second-order valence-corrected chi connectivity index (χ2v) is 11.3. The molecule has 5 rings (SSSR count). The van der Waals surface area contributed by atoms with Gasteiger partial charge in [-0.3, -0.25) is 24.3 Å². The minimum atomic E-state index is -0.774. The van der Waals surface area contributed by atoms with Crippen molar-refractivity contribution in [2.75, 3.05) is 44.2 Å². The second-order valence-electron chi connectivity index (χ2n) is 11.3. The Labute approximate surface area is 268 Å². The van der Waals surface area contributed by atoms with Gasteiger partial charge in [0.15, 0.2) is 5.96 Å². The zero-order chi connectivity index (χ0) is 32.3. The lowest BCUT2D eigenvalue weighted by Crippen LogP contribution is -2.54. The first kappa shape index (κ1) is 32.5. The molecule has 3 aromatic rings. The molecule has 1 amide bonds. The molecule has 4 N–H and O–H groups in total. The molecule has 12 heteroatoms. The summed E-state index contributed by atoms with van der Waals surface area (Å²) in [7, 11) is 0. The zero-order valence-electron chi connectivity index (χ0n) is 25.7. The number of esters is 2. The lowest BCUT2D eigenvalue weighted by Gasteiger charge is -2.38. The molecule has 12 nitrogen and oxygen atoms in total. The summed E-state index contributed by atoms with van der Waals surface area (Å²) in [6.45, 7) is 3.95. The molecule has 0 aliphatic carbocycles. The SMILES string of the molecule is NC(N)=NCc1ccc(N2CC(CN3CCN([C@H](CC(=O)OCc4ccccc4)C(=O)OCc4ccccc4)CC3)OC2=O)cc1. The van der Waals surface area contributed by atoms with Gasteiger partial charge in [-0.05, 0) is 28.8 Å². The molecule has 3 aromatic carbocycles. The van der Waals surface area contributed by atoms with Gasteiger partial charge in [0, 0.05) is 38.4 Å². The molecule has 2 atom stereocenters. The van der Waals surface area contributed by atoms with Crippen molar-refractivity contribution in [3.8, 4) is 0 Å². The van der Waals surface area contributed by atoms with Crippen molar-refractivity contribution in [3.63, 3.8) is 0 Å². The van der Waals surface area contributed by atoms with Crippen LogP contribution in [0.4, 0.5) is 10.5 Å². The lowest BCUT2D eigenvalue weighted by atomic mass is 10.1. The number of hydrogen-bond donors (Lipinski definition) is 2. The van der Waals surface area contributed by atoms with E-state index in [1.165, 1.54) is 0 Å². The van der Waals surface area contributed by atoms with E-state index in [0.29, 0.717) is 45.8 Å². The summed E-state index contributed by atoms with van der Waals surface area (Å²) >= 11 is 0. The van der Waals surface area contributed by atoms with Crippen LogP contribution in [0.25, 0.3) is 0 Å². The highest BCUT2D eigenvalue weighted by atomic mass is 16.6. The highest BCUT2D eigenvalue weighted by Gasteiger charge is 2.36. The van der Waals surface area contributed by atoms with E-state index < -0.39 is 24.1 Å². The van der Waals surface area contributed by atoms with E-state index >= 15 is 0 Å². The molecule has 2 aliphatic heterocycles. The molecule has 0 spiro atoms. The molecule has 2 fully saturated rings. The maximum absolute atomic E-state index is 13.3. The van der Waals surface area contributed by atoms with Crippen LogP contribution in [0.1, 0.15) is 23.1 Å². The zero-order valence-corrected chi connectivity index (χ0v) is 25.7.